The number of benzene rings is 1. The Balaban J connectivity index is 2.26. The van der Waals surface area contributed by atoms with Crippen LogP contribution in [0.3, 0.4) is 0 Å². The van der Waals surface area contributed by atoms with E-state index in [1.54, 1.807) is 17.0 Å². The SMILES string of the molecule is CC1(C)CNCCC(=O)N(c2ccc(F)cc2)C1. The number of hydrogen-bond acceptors (Lipinski definition) is 2. The zero-order chi connectivity index (χ0) is 13.2. The number of nitrogens with one attached hydrogen (secondary N) is 1. The fraction of sp³-hybridized carbons (Fsp3) is 0.500. The van der Waals surface area contributed by atoms with Crippen molar-refractivity contribution in [2.24, 2.45) is 5.41 Å². The number of amides is 1. The third kappa shape index (κ3) is 3.07. The van der Waals surface area contributed by atoms with Gasteiger partial charge in [0.05, 0.1) is 0 Å². The highest BCUT2D eigenvalue weighted by Gasteiger charge is 2.27. The Morgan fingerprint density at radius 2 is 1.94 bits per heavy atom. The van der Waals surface area contributed by atoms with Crippen LogP contribution in [-0.2, 0) is 4.79 Å². The molecule has 0 aromatic heterocycles. The molecular weight excluding hydrogens is 231 g/mol. The van der Waals surface area contributed by atoms with Gasteiger partial charge in [0, 0.05) is 31.7 Å². The minimum Gasteiger partial charge on any atom is -0.316 e. The topological polar surface area (TPSA) is 32.3 Å². The van der Waals surface area contributed by atoms with Crippen molar-refractivity contribution in [2.45, 2.75) is 20.3 Å². The van der Waals surface area contributed by atoms with Crippen LogP contribution in [-0.4, -0.2) is 25.5 Å². The summed E-state index contributed by atoms with van der Waals surface area (Å²) in [6.07, 6.45) is 0.480. The standard InChI is InChI=1S/C14H19FN2O/c1-14(2)9-16-8-7-13(18)17(10-14)12-5-3-11(15)4-6-12/h3-6,16H,7-10H2,1-2H3. The molecule has 1 aliphatic rings. The van der Waals surface area contributed by atoms with Gasteiger partial charge in [0.15, 0.2) is 0 Å². The van der Waals surface area contributed by atoms with E-state index in [2.05, 4.69) is 19.2 Å². The van der Waals surface area contributed by atoms with Crippen LogP contribution in [0, 0.1) is 11.2 Å². The summed E-state index contributed by atoms with van der Waals surface area (Å²) in [6, 6.07) is 6.12. The van der Waals surface area contributed by atoms with Gasteiger partial charge in [-0.05, 0) is 29.7 Å². The van der Waals surface area contributed by atoms with Crippen molar-refractivity contribution in [3.8, 4) is 0 Å². The number of carbonyl (C=O) groups is 1. The van der Waals surface area contributed by atoms with E-state index in [4.69, 9.17) is 0 Å². The molecule has 1 aliphatic heterocycles. The van der Waals surface area contributed by atoms with Crippen LogP contribution in [0.2, 0.25) is 0 Å². The van der Waals surface area contributed by atoms with Crippen LogP contribution >= 0.6 is 0 Å². The highest BCUT2D eigenvalue weighted by molar-refractivity contribution is 5.93. The van der Waals surface area contributed by atoms with E-state index in [1.165, 1.54) is 12.1 Å². The first kappa shape index (κ1) is 13.0. The molecule has 98 valence electrons. The van der Waals surface area contributed by atoms with Crippen LogP contribution < -0.4 is 10.2 Å². The molecule has 1 saturated heterocycles. The van der Waals surface area contributed by atoms with Crippen molar-refractivity contribution in [3.63, 3.8) is 0 Å². The minimum atomic E-state index is -0.279. The van der Waals surface area contributed by atoms with E-state index in [-0.39, 0.29) is 17.1 Å². The number of nitrogens with zero attached hydrogens (tertiary/aromatic N) is 1. The summed E-state index contributed by atoms with van der Waals surface area (Å²) in [6.45, 7) is 6.45. The first-order valence-corrected chi connectivity index (χ1v) is 6.25. The summed E-state index contributed by atoms with van der Waals surface area (Å²) in [5, 5.41) is 3.28. The molecule has 0 radical (unpaired) electrons. The van der Waals surface area contributed by atoms with Gasteiger partial charge in [-0.25, -0.2) is 4.39 Å². The quantitative estimate of drug-likeness (QED) is 0.828. The van der Waals surface area contributed by atoms with Crippen LogP contribution in [0.25, 0.3) is 0 Å². The summed E-state index contributed by atoms with van der Waals surface area (Å²) in [5.74, 6) is -0.193. The fourth-order valence-electron chi connectivity index (χ4n) is 2.19. The van der Waals surface area contributed by atoms with Gasteiger partial charge in [0.1, 0.15) is 5.82 Å². The average Bonchev–Trinajstić information content (AvgIpc) is 2.31. The van der Waals surface area contributed by atoms with Crippen molar-refractivity contribution in [3.05, 3.63) is 30.1 Å². The maximum absolute atomic E-state index is 12.9. The monoisotopic (exact) mass is 250 g/mol. The number of halogens is 1. The Morgan fingerprint density at radius 3 is 2.61 bits per heavy atom. The molecule has 18 heavy (non-hydrogen) atoms. The summed E-state index contributed by atoms with van der Waals surface area (Å²) in [4.78, 5) is 13.9. The molecule has 1 amide bonds. The van der Waals surface area contributed by atoms with Gasteiger partial charge in [-0.3, -0.25) is 4.79 Å². The van der Waals surface area contributed by atoms with E-state index < -0.39 is 0 Å². The predicted molar refractivity (Wildman–Crippen MR) is 70.0 cm³/mol. The lowest BCUT2D eigenvalue weighted by molar-refractivity contribution is -0.119. The van der Waals surface area contributed by atoms with Gasteiger partial charge in [-0.15, -0.1) is 0 Å². The Morgan fingerprint density at radius 1 is 1.28 bits per heavy atom. The summed E-state index contributed by atoms with van der Waals surface area (Å²) >= 11 is 0. The van der Waals surface area contributed by atoms with Crippen LogP contribution in [0.4, 0.5) is 10.1 Å². The molecule has 1 N–H and O–H groups in total. The second kappa shape index (κ2) is 5.06. The maximum atomic E-state index is 12.9. The van der Waals surface area contributed by atoms with Crippen molar-refractivity contribution in [2.75, 3.05) is 24.5 Å². The number of rotatable bonds is 1. The summed E-state index contributed by atoms with van der Waals surface area (Å²) in [7, 11) is 0. The normalized spacial score (nSPS) is 20.4. The number of carbonyl (C=O) groups excluding carboxylic acids is 1. The van der Waals surface area contributed by atoms with Gasteiger partial charge in [0.25, 0.3) is 0 Å². The second-order valence-electron chi connectivity index (χ2n) is 5.55. The third-order valence-corrected chi connectivity index (χ3v) is 3.14. The lowest BCUT2D eigenvalue weighted by Gasteiger charge is -2.35. The molecule has 3 nitrogen and oxygen atoms in total. The largest absolute Gasteiger partial charge is 0.316 e. The Bertz CT molecular complexity index is 428. The van der Waals surface area contributed by atoms with E-state index in [0.29, 0.717) is 19.5 Å². The van der Waals surface area contributed by atoms with Gasteiger partial charge in [0.2, 0.25) is 5.91 Å². The molecule has 1 fully saturated rings. The molecule has 0 aliphatic carbocycles. The molecule has 0 bridgehead atoms. The predicted octanol–water partition coefficient (Wildman–Crippen LogP) is 2.18. The molecule has 0 atom stereocenters. The summed E-state index contributed by atoms with van der Waals surface area (Å²) < 4.78 is 12.9. The van der Waals surface area contributed by atoms with Crippen molar-refractivity contribution >= 4 is 11.6 Å². The average molecular weight is 250 g/mol. The van der Waals surface area contributed by atoms with Crippen molar-refractivity contribution in [1.82, 2.24) is 5.32 Å². The molecule has 1 heterocycles. The third-order valence-electron chi connectivity index (χ3n) is 3.14. The molecule has 1 aromatic carbocycles. The van der Waals surface area contributed by atoms with Gasteiger partial charge in [-0.2, -0.15) is 0 Å². The van der Waals surface area contributed by atoms with Crippen LogP contribution in [0.15, 0.2) is 24.3 Å². The Labute approximate surface area is 107 Å². The lowest BCUT2D eigenvalue weighted by atomic mass is 9.91. The van der Waals surface area contributed by atoms with E-state index in [0.717, 1.165) is 12.2 Å². The maximum Gasteiger partial charge on any atom is 0.228 e. The van der Waals surface area contributed by atoms with Crippen molar-refractivity contribution in [1.29, 1.82) is 0 Å². The zero-order valence-electron chi connectivity index (χ0n) is 10.9. The summed E-state index contributed by atoms with van der Waals surface area (Å²) in [5.41, 5.74) is 0.779. The highest BCUT2D eigenvalue weighted by Crippen LogP contribution is 2.24. The molecule has 0 spiro atoms. The first-order valence-electron chi connectivity index (χ1n) is 6.25. The van der Waals surface area contributed by atoms with Gasteiger partial charge < -0.3 is 10.2 Å². The molecule has 2 rings (SSSR count). The first-order chi connectivity index (χ1) is 8.48. The number of anilines is 1. The van der Waals surface area contributed by atoms with Crippen molar-refractivity contribution < 1.29 is 9.18 Å². The van der Waals surface area contributed by atoms with Gasteiger partial charge in [-0.1, -0.05) is 13.8 Å². The zero-order valence-corrected chi connectivity index (χ0v) is 10.9. The Hall–Kier alpha value is -1.42. The minimum absolute atomic E-state index is 0.00443. The van der Waals surface area contributed by atoms with Crippen LogP contribution in [0.1, 0.15) is 20.3 Å². The second-order valence-corrected chi connectivity index (χ2v) is 5.55. The smallest absolute Gasteiger partial charge is 0.228 e. The lowest BCUT2D eigenvalue weighted by Crippen LogP contribution is -2.47. The fourth-order valence-corrected chi connectivity index (χ4v) is 2.19. The van der Waals surface area contributed by atoms with E-state index in [1.807, 2.05) is 0 Å². The molecule has 0 saturated carbocycles. The van der Waals surface area contributed by atoms with Gasteiger partial charge >= 0.3 is 0 Å². The van der Waals surface area contributed by atoms with E-state index in [9.17, 15) is 9.18 Å². The molecule has 4 heteroatoms. The Kier molecular flexibility index (Phi) is 3.66. The van der Waals surface area contributed by atoms with Crippen LogP contribution in [0.5, 0.6) is 0 Å². The number of hydrogen-bond donors (Lipinski definition) is 1. The molecular formula is C14H19FN2O. The van der Waals surface area contributed by atoms with E-state index >= 15 is 0 Å². The molecule has 0 unspecified atom stereocenters. The molecule has 1 aromatic rings. The highest BCUT2D eigenvalue weighted by atomic mass is 19.1.